The Hall–Kier alpha value is -1.03. The molecular formula is C12H15N3S. The second kappa shape index (κ2) is 4.09. The van der Waals surface area contributed by atoms with Crippen molar-refractivity contribution in [2.24, 2.45) is 0 Å². The van der Waals surface area contributed by atoms with Gasteiger partial charge < -0.3 is 0 Å². The summed E-state index contributed by atoms with van der Waals surface area (Å²) < 4.78 is 2.14. The van der Waals surface area contributed by atoms with E-state index in [1.54, 1.807) is 0 Å². The number of rotatable bonds is 1. The van der Waals surface area contributed by atoms with Gasteiger partial charge in [0.15, 0.2) is 5.65 Å². The van der Waals surface area contributed by atoms with Crippen LogP contribution in [0, 0.1) is 6.92 Å². The van der Waals surface area contributed by atoms with Crippen molar-refractivity contribution in [2.45, 2.75) is 25.7 Å². The molecule has 2 aromatic rings. The summed E-state index contributed by atoms with van der Waals surface area (Å²) in [7, 11) is 0. The molecule has 1 aliphatic rings. The zero-order valence-electron chi connectivity index (χ0n) is 9.39. The van der Waals surface area contributed by atoms with Crippen molar-refractivity contribution in [3.8, 4) is 0 Å². The lowest BCUT2D eigenvalue weighted by atomic mass is 10.0. The van der Waals surface area contributed by atoms with Crippen molar-refractivity contribution in [1.82, 2.24) is 14.6 Å². The summed E-state index contributed by atoms with van der Waals surface area (Å²) in [5.41, 5.74) is 2.22. The molecule has 84 valence electrons. The first-order valence-corrected chi connectivity index (χ1v) is 6.89. The van der Waals surface area contributed by atoms with Crippen LogP contribution >= 0.6 is 11.8 Å². The van der Waals surface area contributed by atoms with Gasteiger partial charge in [0.1, 0.15) is 5.82 Å². The number of nitrogens with zero attached hydrogens (tertiary/aromatic N) is 3. The van der Waals surface area contributed by atoms with E-state index < -0.39 is 0 Å². The van der Waals surface area contributed by atoms with Gasteiger partial charge in [0.05, 0.1) is 0 Å². The quantitative estimate of drug-likeness (QED) is 0.758. The van der Waals surface area contributed by atoms with Gasteiger partial charge in [-0.3, -0.25) is 4.40 Å². The van der Waals surface area contributed by atoms with Crippen molar-refractivity contribution in [3.63, 3.8) is 0 Å². The van der Waals surface area contributed by atoms with Gasteiger partial charge >= 0.3 is 0 Å². The summed E-state index contributed by atoms with van der Waals surface area (Å²) in [4.78, 5) is 0. The van der Waals surface area contributed by atoms with Crippen LogP contribution < -0.4 is 0 Å². The van der Waals surface area contributed by atoms with E-state index in [1.807, 2.05) is 11.8 Å². The number of pyridine rings is 1. The maximum Gasteiger partial charge on any atom is 0.161 e. The molecule has 3 nitrogen and oxygen atoms in total. The molecule has 0 aliphatic carbocycles. The van der Waals surface area contributed by atoms with Crippen LogP contribution in [0.5, 0.6) is 0 Å². The number of hydrogen-bond donors (Lipinski definition) is 0. The average molecular weight is 233 g/mol. The molecule has 0 saturated carbocycles. The lowest BCUT2D eigenvalue weighted by Crippen LogP contribution is -2.12. The van der Waals surface area contributed by atoms with Crippen molar-refractivity contribution in [1.29, 1.82) is 0 Å². The van der Waals surface area contributed by atoms with E-state index in [9.17, 15) is 0 Å². The molecule has 3 rings (SSSR count). The Bertz CT molecular complexity index is 500. The first kappa shape index (κ1) is 10.1. The van der Waals surface area contributed by atoms with Crippen molar-refractivity contribution in [2.75, 3.05) is 11.5 Å². The van der Waals surface area contributed by atoms with Crippen molar-refractivity contribution < 1.29 is 0 Å². The maximum atomic E-state index is 4.36. The molecule has 0 spiro atoms. The molecule has 1 saturated heterocycles. The molecule has 1 atom stereocenters. The van der Waals surface area contributed by atoms with Gasteiger partial charge in [-0.05, 0) is 43.2 Å². The van der Waals surface area contributed by atoms with Gasteiger partial charge in [-0.2, -0.15) is 11.8 Å². The van der Waals surface area contributed by atoms with Gasteiger partial charge in [-0.25, -0.2) is 0 Å². The summed E-state index contributed by atoms with van der Waals surface area (Å²) in [6.45, 7) is 2.09. The lowest BCUT2D eigenvalue weighted by molar-refractivity contribution is 0.617. The second-order valence-electron chi connectivity index (χ2n) is 4.40. The van der Waals surface area contributed by atoms with Gasteiger partial charge in [0.2, 0.25) is 0 Å². The maximum absolute atomic E-state index is 4.36. The Labute approximate surface area is 99.3 Å². The highest BCUT2D eigenvalue weighted by Crippen LogP contribution is 2.30. The number of aromatic nitrogens is 3. The molecule has 3 heterocycles. The Kier molecular flexibility index (Phi) is 2.59. The largest absolute Gasteiger partial charge is 0.286 e. The predicted molar refractivity (Wildman–Crippen MR) is 67.0 cm³/mol. The molecule has 0 aromatic carbocycles. The Morgan fingerprint density at radius 1 is 1.44 bits per heavy atom. The SMILES string of the molecule is Cc1ccn2c(C3CCCSC3)nnc2c1. The normalized spacial score (nSPS) is 21.4. The molecule has 0 radical (unpaired) electrons. The molecular weight excluding hydrogens is 218 g/mol. The first-order valence-electron chi connectivity index (χ1n) is 5.73. The number of fused-ring (bicyclic) bond motifs is 1. The highest BCUT2D eigenvalue weighted by atomic mass is 32.2. The third-order valence-electron chi connectivity index (χ3n) is 3.12. The minimum Gasteiger partial charge on any atom is -0.286 e. The Morgan fingerprint density at radius 3 is 3.19 bits per heavy atom. The van der Waals surface area contributed by atoms with Crippen LogP contribution in [0.3, 0.4) is 0 Å². The third-order valence-corrected chi connectivity index (χ3v) is 4.33. The standard InChI is InChI=1S/C12H15N3S/c1-9-4-5-15-11(7-9)13-14-12(15)10-3-2-6-16-8-10/h4-5,7,10H,2-3,6,8H2,1H3. The summed E-state index contributed by atoms with van der Waals surface area (Å²) in [6, 6.07) is 4.21. The molecule has 2 aromatic heterocycles. The van der Waals surface area contributed by atoms with E-state index >= 15 is 0 Å². The fourth-order valence-corrected chi connectivity index (χ4v) is 3.37. The number of thioether (sulfide) groups is 1. The Balaban J connectivity index is 2.03. The highest BCUT2D eigenvalue weighted by Gasteiger charge is 2.20. The topological polar surface area (TPSA) is 30.2 Å². The van der Waals surface area contributed by atoms with E-state index in [2.05, 4.69) is 39.9 Å². The molecule has 4 heteroatoms. The summed E-state index contributed by atoms with van der Waals surface area (Å²) in [6.07, 6.45) is 4.65. The summed E-state index contributed by atoms with van der Waals surface area (Å²) in [5.74, 6) is 4.21. The van der Waals surface area contributed by atoms with Crippen LogP contribution in [-0.2, 0) is 0 Å². The third kappa shape index (κ3) is 1.71. The zero-order valence-corrected chi connectivity index (χ0v) is 10.2. The fraction of sp³-hybridized carbons (Fsp3) is 0.500. The van der Waals surface area contributed by atoms with E-state index in [1.165, 1.54) is 29.9 Å². The highest BCUT2D eigenvalue weighted by molar-refractivity contribution is 7.99. The lowest BCUT2D eigenvalue weighted by Gasteiger charge is -2.19. The summed E-state index contributed by atoms with van der Waals surface area (Å²) >= 11 is 2.03. The van der Waals surface area contributed by atoms with Crippen LogP contribution in [0.2, 0.25) is 0 Å². The van der Waals surface area contributed by atoms with Crippen molar-refractivity contribution >= 4 is 17.4 Å². The molecule has 1 fully saturated rings. The molecule has 0 amide bonds. The fourth-order valence-electron chi connectivity index (χ4n) is 2.23. The second-order valence-corrected chi connectivity index (χ2v) is 5.55. The molecule has 0 N–H and O–H groups in total. The molecule has 1 aliphatic heterocycles. The van der Waals surface area contributed by atoms with E-state index in [0.29, 0.717) is 5.92 Å². The zero-order chi connectivity index (χ0) is 11.0. The molecule has 16 heavy (non-hydrogen) atoms. The summed E-state index contributed by atoms with van der Waals surface area (Å²) in [5, 5.41) is 8.62. The molecule has 0 bridgehead atoms. The monoisotopic (exact) mass is 233 g/mol. The van der Waals surface area contributed by atoms with Gasteiger partial charge in [-0.15, -0.1) is 10.2 Å². The van der Waals surface area contributed by atoms with Crippen molar-refractivity contribution in [3.05, 3.63) is 29.7 Å². The van der Waals surface area contributed by atoms with Crippen LogP contribution in [0.25, 0.3) is 5.65 Å². The smallest absolute Gasteiger partial charge is 0.161 e. The van der Waals surface area contributed by atoms with Crippen LogP contribution in [0.4, 0.5) is 0 Å². The average Bonchev–Trinajstić information content (AvgIpc) is 2.73. The van der Waals surface area contributed by atoms with Crippen LogP contribution in [0.15, 0.2) is 18.3 Å². The minimum absolute atomic E-state index is 0.580. The van der Waals surface area contributed by atoms with E-state index in [-0.39, 0.29) is 0 Å². The predicted octanol–water partition coefficient (Wildman–Crippen LogP) is 2.65. The Morgan fingerprint density at radius 2 is 2.38 bits per heavy atom. The van der Waals surface area contributed by atoms with E-state index in [0.717, 1.165) is 11.5 Å². The van der Waals surface area contributed by atoms with E-state index in [4.69, 9.17) is 0 Å². The number of hydrogen-bond acceptors (Lipinski definition) is 3. The minimum atomic E-state index is 0.580. The van der Waals surface area contributed by atoms with Gasteiger partial charge in [0.25, 0.3) is 0 Å². The first-order chi connectivity index (χ1) is 7.84. The molecule has 1 unspecified atom stereocenters. The van der Waals surface area contributed by atoms with Crippen LogP contribution in [0.1, 0.15) is 30.1 Å². The van der Waals surface area contributed by atoms with Crippen LogP contribution in [-0.4, -0.2) is 26.1 Å². The van der Waals surface area contributed by atoms with Gasteiger partial charge in [-0.1, -0.05) is 0 Å². The van der Waals surface area contributed by atoms with Gasteiger partial charge in [0, 0.05) is 17.9 Å². The number of aryl methyl sites for hydroxylation is 1.